The zero-order chi connectivity index (χ0) is 23.9. The van der Waals surface area contributed by atoms with Crippen molar-refractivity contribution >= 4 is 11.6 Å². The smallest absolute Gasteiger partial charge is 0.224 e. The van der Waals surface area contributed by atoms with E-state index in [1.54, 1.807) is 13.2 Å². The summed E-state index contributed by atoms with van der Waals surface area (Å²) in [4.78, 5) is 17.5. The summed E-state index contributed by atoms with van der Waals surface area (Å²) < 4.78 is 11.7. The number of aliphatic hydroxyl groups excluding tert-OH is 1. The van der Waals surface area contributed by atoms with Gasteiger partial charge in [0.2, 0.25) is 5.91 Å². The zero-order valence-corrected chi connectivity index (χ0v) is 20.1. The first-order valence-electron chi connectivity index (χ1n) is 12.3. The minimum atomic E-state index is -0.560. The maximum Gasteiger partial charge on any atom is 0.224 e. The molecule has 0 spiro atoms. The lowest BCUT2D eigenvalue weighted by Gasteiger charge is -2.37. The van der Waals surface area contributed by atoms with E-state index >= 15 is 0 Å². The van der Waals surface area contributed by atoms with Gasteiger partial charge >= 0.3 is 0 Å². The summed E-state index contributed by atoms with van der Waals surface area (Å²) in [5, 5.41) is 10.9. The Balaban J connectivity index is 1.68. The summed E-state index contributed by atoms with van der Waals surface area (Å²) >= 11 is 0. The highest BCUT2D eigenvalue weighted by Crippen LogP contribution is 2.41. The Hall–Kier alpha value is -2.99. The summed E-state index contributed by atoms with van der Waals surface area (Å²) in [5.41, 5.74) is 3.02. The lowest BCUT2D eigenvalue weighted by Crippen LogP contribution is -2.44. The van der Waals surface area contributed by atoms with Crippen LogP contribution in [0.2, 0.25) is 0 Å². The normalized spacial score (nSPS) is 17.6. The molecule has 0 radical (unpaired) electrons. The van der Waals surface area contributed by atoms with Gasteiger partial charge in [-0.15, -0.1) is 0 Å². The Labute approximate surface area is 202 Å². The third-order valence-corrected chi connectivity index (χ3v) is 6.86. The molecule has 1 unspecified atom stereocenters. The molecule has 1 saturated carbocycles. The van der Waals surface area contributed by atoms with Gasteiger partial charge in [0.25, 0.3) is 0 Å². The molecule has 6 heteroatoms. The molecule has 1 aliphatic heterocycles. The van der Waals surface area contributed by atoms with Crippen LogP contribution < -0.4 is 14.4 Å². The van der Waals surface area contributed by atoms with E-state index in [1.807, 2.05) is 47.4 Å². The molecule has 34 heavy (non-hydrogen) atoms. The summed E-state index contributed by atoms with van der Waals surface area (Å²) in [5.74, 6) is 1.46. The van der Waals surface area contributed by atoms with Gasteiger partial charge in [-0.25, -0.2) is 0 Å². The molecule has 1 fully saturated rings. The Morgan fingerprint density at radius 2 is 1.94 bits per heavy atom. The topological polar surface area (TPSA) is 62.2 Å². The number of rotatable bonds is 9. The van der Waals surface area contributed by atoms with Gasteiger partial charge in [0.05, 0.1) is 19.8 Å². The molecule has 1 amide bonds. The summed E-state index contributed by atoms with van der Waals surface area (Å²) in [6, 6.07) is 14.2. The number of carbonyl (C=O) groups excluding carboxylic acids is 1. The van der Waals surface area contributed by atoms with Gasteiger partial charge in [-0.05, 0) is 30.5 Å². The van der Waals surface area contributed by atoms with Crippen molar-refractivity contribution in [1.29, 1.82) is 0 Å². The van der Waals surface area contributed by atoms with E-state index in [4.69, 9.17) is 9.47 Å². The van der Waals surface area contributed by atoms with E-state index in [-0.39, 0.29) is 11.9 Å². The monoisotopic (exact) mass is 464 g/mol. The highest BCUT2D eigenvalue weighted by Gasteiger charge is 2.32. The van der Waals surface area contributed by atoms with Crippen LogP contribution in [-0.4, -0.2) is 54.9 Å². The van der Waals surface area contributed by atoms with Crippen LogP contribution in [0.25, 0.3) is 0 Å². The van der Waals surface area contributed by atoms with E-state index < -0.39 is 6.10 Å². The standard InChI is InChI=1S/C28H36N2O4/c1-3-17-34-28-24-20-30(22-11-7-8-12-22)27(32)15-16-29(25(24)13-14-26(28)33-2)19-23(31)18-21-9-5-4-6-10-21/h3-6,9-10,13-14,22-23,31H,1,7-8,11-12,15-20H2,2H3. The number of carbonyl (C=O) groups is 1. The molecule has 0 aromatic heterocycles. The quantitative estimate of drug-likeness (QED) is 0.559. The van der Waals surface area contributed by atoms with Gasteiger partial charge in [-0.3, -0.25) is 4.79 Å². The van der Waals surface area contributed by atoms with Gasteiger partial charge in [0, 0.05) is 43.2 Å². The fourth-order valence-corrected chi connectivity index (χ4v) is 5.20. The number of anilines is 1. The molecule has 1 aliphatic carbocycles. The lowest BCUT2D eigenvalue weighted by molar-refractivity contribution is -0.134. The molecule has 1 heterocycles. The molecule has 2 aromatic rings. The second-order valence-electron chi connectivity index (χ2n) is 9.19. The third kappa shape index (κ3) is 5.55. The van der Waals surface area contributed by atoms with Crippen LogP contribution in [0.4, 0.5) is 5.69 Å². The van der Waals surface area contributed by atoms with E-state index in [2.05, 4.69) is 11.5 Å². The summed E-state index contributed by atoms with van der Waals surface area (Å²) in [6.07, 6.45) is 6.57. The van der Waals surface area contributed by atoms with Gasteiger partial charge in [-0.1, -0.05) is 55.8 Å². The fraction of sp³-hybridized carbons (Fsp3) is 0.464. The Morgan fingerprint density at radius 3 is 2.65 bits per heavy atom. The Morgan fingerprint density at radius 1 is 1.18 bits per heavy atom. The van der Waals surface area contributed by atoms with Gasteiger partial charge < -0.3 is 24.4 Å². The predicted octanol–water partition coefficient (Wildman–Crippen LogP) is 4.34. The Kier molecular flexibility index (Phi) is 8.12. The molecular formula is C28H36N2O4. The number of hydrogen-bond donors (Lipinski definition) is 1. The molecule has 0 bridgehead atoms. The first-order chi connectivity index (χ1) is 16.6. The van der Waals surface area contributed by atoms with Crippen molar-refractivity contribution in [2.75, 3.05) is 31.7 Å². The summed E-state index contributed by atoms with van der Waals surface area (Å²) in [6.45, 7) is 5.60. The van der Waals surface area contributed by atoms with Crippen molar-refractivity contribution in [2.45, 2.75) is 57.2 Å². The molecule has 182 valence electrons. The van der Waals surface area contributed by atoms with Crippen LogP contribution in [0, 0.1) is 0 Å². The second kappa shape index (κ2) is 11.4. The third-order valence-electron chi connectivity index (χ3n) is 6.86. The maximum atomic E-state index is 13.3. The number of hydrogen-bond acceptors (Lipinski definition) is 5. The molecule has 0 saturated heterocycles. The fourth-order valence-electron chi connectivity index (χ4n) is 5.20. The average molecular weight is 465 g/mol. The predicted molar refractivity (Wildman–Crippen MR) is 134 cm³/mol. The Bertz CT molecular complexity index is 972. The van der Waals surface area contributed by atoms with Crippen LogP contribution in [0.3, 0.4) is 0 Å². The van der Waals surface area contributed by atoms with Gasteiger partial charge in [0.1, 0.15) is 6.61 Å². The van der Waals surface area contributed by atoms with E-state index in [0.29, 0.717) is 50.6 Å². The number of fused-ring (bicyclic) bond motifs is 1. The molecule has 1 atom stereocenters. The van der Waals surface area contributed by atoms with Gasteiger partial charge in [0.15, 0.2) is 11.5 Å². The lowest BCUT2D eigenvalue weighted by atomic mass is 10.0. The number of nitrogens with zero attached hydrogens (tertiary/aromatic N) is 2. The minimum Gasteiger partial charge on any atom is -0.493 e. The van der Waals surface area contributed by atoms with Crippen molar-refractivity contribution in [3.05, 3.63) is 66.2 Å². The van der Waals surface area contributed by atoms with Crippen LogP contribution in [0.15, 0.2) is 55.1 Å². The van der Waals surface area contributed by atoms with Crippen LogP contribution in [0.1, 0.15) is 43.2 Å². The maximum absolute atomic E-state index is 13.3. The number of benzene rings is 2. The molecule has 4 rings (SSSR count). The number of ether oxygens (including phenoxy) is 2. The molecular weight excluding hydrogens is 428 g/mol. The zero-order valence-electron chi connectivity index (χ0n) is 20.1. The van der Waals surface area contributed by atoms with E-state index in [9.17, 15) is 9.90 Å². The average Bonchev–Trinajstić information content (AvgIpc) is 3.37. The highest BCUT2D eigenvalue weighted by atomic mass is 16.5. The van der Waals surface area contributed by atoms with Crippen LogP contribution in [-0.2, 0) is 17.8 Å². The van der Waals surface area contributed by atoms with Crippen molar-refractivity contribution in [1.82, 2.24) is 4.90 Å². The van der Waals surface area contributed by atoms with Gasteiger partial charge in [-0.2, -0.15) is 0 Å². The SMILES string of the molecule is C=CCOc1c(OC)ccc2c1CN(C1CCCC1)C(=O)CCN2CC(O)Cc1ccccc1. The largest absolute Gasteiger partial charge is 0.493 e. The first kappa shape index (κ1) is 24.1. The summed E-state index contributed by atoms with van der Waals surface area (Å²) in [7, 11) is 1.63. The molecule has 6 nitrogen and oxygen atoms in total. The van der Waals surface area contributed by atoms with Crippen LogP contribution in [0.5, 0.6) is 11.5 Å². The molecule has 1 N–H and O–H groups in total. The highest BCUT2D eigenvalue weighted by molar-refractivity contribution is 5.79. The first-order valence-corrected chi connectivity index (χ1v) is 12.3. The number of aliphatic hydroxyl groups is 1. The van der Waals surface area contributed by atoms with Crippen molar-refractivity contribution in [2.24, 2.45) is 0 Å². The van der Waals surface area contributed by atoms with E-state index in [0.717, 1.165) is 42.5 Å². The van der Waals surface area contributed by atoms with Crippen molar-refractivity contribution in [3.63, 3.8) is 0 Å². The number of β-amino-alcohol motifs (C(OH)–C–C–N with tert-alkyl or cyclic N) is 1. The van der Waals surface area contributed by atoms with E-state index in [1.165, 1.54) is 0 Å². The number of amides is 1. The molecule has 2 aliphatic rings. The molecule has 2 aromatic carbocycles. The number of methoxy groups -OCH3 is 1. The van der Waals surface area contributed by atoms with Crippen molar-refractivity contribution < 1.29 is 19.4 Å². The minimum absolute atomic E-state index is 0.164. The second-order valence-corrected chi connectivity index (χ2v) is 9.19. The van der Waals surface area contributed by atoms with Crippen LogP contribution >= 0.6 is 0 Å². The van der Waals surface area contributed by atoms with Crippen molar-refractivity contribution in [3.8, 4) is 11.5 Å².